The van der Waals surface area contributed by atoms with Crippen molar-refractivity contribution in [1.82, 2.24) is 9.46 Å². The summed E-state index contributed by atoms with van der Waals surface area (Å²) in [5.41, 5.74) is 0.386. The van der Waals surface area contributed by atoms with Gasteiger partial charge in [-0.2, -0.15) is 4.31 Å². The van der Waals surface area contributed by atoms with Crippen LogP contribution in [0.2, 0.25) is 0 Å². The average molecular weight is 228 g/mol. The highest BCUT2D eigenvalue weighted by atomic mass is 32.2. The fraction of sp³-hybridized carbons (Fsp3) is 0.444. The van der Waals surface area contributed by atoms with Gasteiger partial charge >= 0.3 is 0 Å². The Morgan fingerprint density at radius 1 is 1.67 bits per heavy atom. The molecule has 6 heteroatoms. The Balaban J connectivity index is 2.77. The fourth-order valence-electron chi connectivity index (χ4n) is 1.01. The van der Waals surface area contributed by atoms with Crippen LogP contribution in [0.5, 0.6) is 0 Å². The third-order valence-corrected chi connectivity index (χ3v) is 3.54. The molecule has 1 aromatic rings. The molecule has 0 aliphatic carbocycles. The van der Waals surface area contributed by atoms with Gasteiger partial charge in [-0.05, 0) is 6.92 Å². The number of aromatic nitrogens is 1. The van der Waals surface area contributed by atoms with Crippen LogP contribution in [0, 0.1) is 19.3 Å². The van der Waals surface area contributed by atoms with E-state index in [1.165, 1.54) is 7.05 Å². The van der Waals surface area contributed by atoms with Gasteiger partial charge in [-0.25, -0.2) is 8.42 Å². The molecular weight excluding hydrogens is 216 g/mol. The zero-order chi connectivity index (χ0) is 11.5. The van der Waals surface area contributed by atoms with Gasteiger partial charge in [0.1, 0.15) is 17.2 Å². The maximum Gasteiger partial charge on any atom is 0.220 e. The van der Waals surface area contributed by atoms with Gasteiger partial charge in [-0.1, -0.05) is 11.1 Å². The highest BCUT2D eigenvalue weighted by Gasteiger charge is 2.19. The normalized spacial score (nSPS) is 11.6. The van der Waals surface area contributed by atoms with Gasteiger partial charge in [0, 0.05) is 13.1 Å². The van der Waals surface area contributed by atoms with Gasteiger partial charge in [0.2, 0.25) is 10.0 Å². The molecule has 0 bridgehead atoms. The molecule has 5 nitrogen and oxygen atoms in total. The van der Waals surface area contributed by atoms with E-state index in [9.17, 15) is 8.42 Å². The Hall–Kier alpha value is -1.32. The standard InChI is InChI=1S/C9H12N2O3S/c1-4-5-11(3)15(12,13)7-9-6-8(2)14-10-9/h1,6H,5,7H2,2-3H3. The summed E-state index contributed by atoms with van der Waals surface area (Å²) in [7, 11) is -1.96. The van der Waals surface area contributed by atoms with Crippen molar-refractivity contribution in [3.63, 3.8) is 0 Å². The monoisotopic (exact) mass is 228 g/mol. The molecular formula is C9H12N2O3S. The number of hydrogen-bond acceptors (Lipinski definition) is 4. The Kier molecular flexibility index (Phi) is 3.50. The minimum atomic E-state index is -3.39. The number of nitrogens with zero attached hydrogens (tertiary/aromatic N) is 2. The summed E-state index contributed by atoms with van der Waals surface area (Å²) in [6, 6.07) is 1.58. The van der Waals surface area contributed by atoms with Gasteiger partial charge in [-0.15, -0.1) is 6.42 Å². The minimum Gasteiger partial charge on any atom is -0.361 e. The first-order valence-corrected chi connectivity index (χ1v) is 5.86. The predicted molar refractivity (Wildman–Crippen MR) is 55.3 cm³/mol. The van der Waals surface area contributed by atoms with E-state index in [0.717, 1.165) is 4.31 Å². The molecule has 0 atom stereocenters. The fourth-order valence-corrected chi connectivity index (χ4v) is 2.01. The van der Waals surface area contributed by atoms with E-state index in [4.69, 9.17) is 10.9 Å². The van der Waals surface area contributed by atoms with E-state index in [-0.39, 0.29) is 12.3 Å². The van der Waals surface area contributed by atoms with E-state index in [1.54, 1.807) is 13.0 Å². The van der Waals surface area contributed by atoms with Crippen LogP contribution in [0.25, 0.3) is 0 Å². The number of aryl methyl sites for hydroxylation is 1. The zero-order valence-corrected chi connectivity index (χ0v) is 9.41. The van der Waals surface area contributed by atoms with Crippen LogP contribution in [0.1, 0.15) is 11.5 Å². The van der Waals surface area contributed by atoms with Crippen LogP contribution in [-0.4, -0.2) is 31.5 Å². The third-order valence-electron chi connectivity index (χ3n) is 1.80. The second kappa shape index (κ2) is 4.47. The van der Waals surface area contributed by atoms with Crippen LogP contribution in [-0.2, 0) is 15.8 Å². The van der Waals surface area contributed by atoms with Crippen molar-refractivity contribution in [2.75, 3.05) is 13.6 Å². The first-order chi connectivity index (χ1) is 6.95. The number of terminal acetylenes is 1. The summed E-state index contributed by atoms with van der Waals surface area (Å²) in [6.45, 7) is 1.76. The van der Waals surface area contributed by atoms with E-state index in [1.807, 2.05) is 0 Å². The molecule has 0 N–H and O–H groups in total. The SMILES string of the molecule is C#CCN(C)S(=O)(=O)Cc1cc(C)on1. The molecule has 0 amide bonds. The average Bonchev–Trinajstić information content (AvgIpc) is 2.50. The minimum absolute atomic E-state index is 0.0547. The molecule has 15 heavy (non-hydrogen) atoms. The van der Waals surface area contributed by atoms with Crippen molar-refractivity contribution in [2.45, 2.75) is 12.7 Å². The van der Waals surface area contributed by atoms with Crippen LogP contribution >= 0.6 is 0 Å². The molecule has 0 aliphatic rings. The smallest absolute Gasteiger partial charge is 0.220 e. The lowest BCUT2D eigenvalue weighted by Crippen LogP contribution is -2.28. The molecule has 1 heterocycles. The molecule has 0 unspecified atom stereocenters. The largest absolute Gasteiger partial charge is 0.361 e. The highest BCUT2D eigenvalue weighted by molar-refractivity contribution is 7.88. The number of hydrogen-bond donors (Lipinski definition) is 0. The van der Waals surface area contributed by atoms with Crippen LogP contribution in [0.15, 0.2) is 10.6 Å². The van der Waals surface area contributed by atoms with E-state index < -0.39 is 10.0 Å². The summed E-state index contributed by atoms with van der Waals surface area (Å²) in [5.74, 6) is 2.66. The topological polar surface area (TPSA) is 63.4 Å². The molecule has 0 aromatic carbocycles. The Morgan fingerprint density at radius 3 is 2.80 bits per heavy atom. The Morgan fingerprint density at radius 2 is 2.33 bits per heavy atom. The quantitative estimate of drug-likeness (QED) is 0.699. The first kappa shape index (κ1) is 11.8. The van der Waals surface area contributed by atoms with Crippen molar-refractivity contribution in [3.8, 4) is 12.3 Å². The summed E-state index contributed by atoms with van der Waals surface area (Å²) in [4.78, 5) is 0. The maximum atomic E-state index is 11.6. The molecule has 1 rings (SSSR count). The van der Waals surface area contributed by atoms with Crippen LogP contribution in [0.3, 0.4) is 0 Å². The summed E-state index contributed by atoms with van der Waals surface area (Å²) >= 11 is 0. The molecule has 0 saturated carbocycles. The molecule has 0 radical (unpaired) electrons. The highest BCUT2D eigenvalue weighted by Crippen LogP contribution is 2.09. The van der Waals surface area contributed by atoms with Crippen LogP contribution < -0.4 is 0 Å². The van der Waals surface area contributed by atoms with Crippen molar-refractivity contribution >= 4 is 10.0 Å². The molecule has 0 saturated heterocycles. The molecule has 82 valence electrons. The summed E-state index contributed by atoms with van der Waals surface area (Å²) in [5, 5.41) is 3.61. The van der Waals surface area contributed by atoms with Crippen molar-refractivity contribution in [1.29, 1.82) is 0 Å². The van der Waals surface area contributed by atoms with Crippen molar-refractivity contribution in [3.05, 3.63) is 17.5 Å². The van der Waals surface area contributed by atoms with Gasteiger partial charge in [-0.3, -0.25) is 0 Å². The van der Waals surface area contributed by atoms with Crippen LogP contribution in [0.4, 0.5) is 0 Å². The molecule has 0 fully saturated rings. The molecule has 0 aliphatic heterocycles. The Labute approximate surface area is 89.1 Å². The summed E-state index contributed by atoms with van der Waals surface area (Å²) < 4.78 is 29.2. The second-order valence-corrected chi connectivity index (χ2v) is 5.22. The number of sulfonamides is 1. The van der Waals surface area contributed by atoms with E-state index in [0.29, 0.717) is 11.5 Å². The van der Waals surface area contributed by atoms with Gasteiger partial charge in [0.15, 0.2) is 0 Å². The predicted octanol–water partition coefficient (Wildman–Crippen LogP) is 0.378. The Bertz CT molecular complexity index is 470. The lowest BCUT2D eigenvalue weighted by molar-refractivity contribution is 0.391. The van der Waals surface area contributed by atoms with Crippen molar-refractivity contribution < 1.29 is 12.9 Å². The van der Waals surface area contributed by atoms with E-state index >= 15 is 0 Å². The van der Waals surface area contributed by atoms with E-state index in [2.05, 4.69) is 11.1 Å². The lowest BCUT2D eigenvalue weighted by Gasteiger charge is -2.12. The third kappa shape index (κ3) is 3.08. The van der Waals surface area contributed by atoms with Gasteiger partial charge in [0.05, 0.1) is 6.54 Å². The molecule has 0 spiro atoms. The zero-order valence-electron chi connectivity index (χ0n) is 8.60. The maximum absolute atomic E-state index is 11.6. The molecule has 1 aromatic heterocycles. The van der Waals surface area contributed by atoms with Gasteiger partial charge < -0.3 is 4.52 Å². The first-order valence-electron chi connectivity index (χ1n) is 4.25. The number of rotatable bonds is 4. The van der Waals surface area contributed by atoms with Crippen molar-refractivity contribution in [2.24, 2.45) is 0 Å². The second-order valence-electron chi connectivity index (χ2n) is 3.15. The lowest BCUT2D eigenvalue weighted by atomic mass is 10.4. The summed E-state index contributed by atoms with van der Waals surface area (Å²) in [6.07, 6.45) is 5.03. The van der Waals surface area contributed by atoms with Gasteiger partial charge in [0.25, 0.3) is 0 Å².